The van der Waals surface area contributed by atoms with Gasteiger partial charge in [0.15, 0.2) is 0 Å². The lowest BCUT2D eigenvalue weighted by molar-refractivity contribution is -0.0174. The SMILES string of the molecule is COc1ccncc1C(O)C1CCCCN1C(=O)OC(C)(C)C. The first-order valence-corrected chi connectivity index (χ1v) is 7.99. The van der Waals surface area contributed by atoms with Gasteiger partial charge < -0.3 is 19.5 Å². The summed E-state index contributed by atoms with van der Waals surface area (Å²) in [5.41, 5.74) is 0.0335. The smallest absolute Gasteiger partial charge is 0.410 e. The van der Waals surface area contributed by atoms with Crippen LogP contribution in [0.15, 0.2) is 18.5 Å². The number of hydrogen-bond acceptors (Lipinski definition) is 5. The molecule has 0 spiro atoms. The fourth-order valence-electron chi connectivity index (χ4n) is 2.84. The number of aliphatic hydroxyl groups excluding tert-OH is 1. The highest BCUT2D eigenvalue weighted by molar-refractivity contribution is 5.69. The maximum Gasteiger partial charge on any atom is 0.410 e. The molecule has 0 aliphatic carbocycles. The van der Waals surface area contributed by atoms with Gasteiger partial charge in [-0.25, -0.2) is 4.79 Å². The molecule has 0 radical (unpaired) electrons. The second-order valence-corrected chi connectivity index (χ2v) is 6.80. The van der Waals surface area contributed by atoms with Gasteiger partial charge in [-0.3, -0.25) is 4.98 Å². The third kappa shape index (κ3) is 4.34. The van der Waals surface area contributed by atoms with Crippen LogP contribution >= 0.6 is 0 Å². The molecule has 1 fully saturated rings. The number of carbonyl (C=O) groups is 1. The summed E-state index contributed by atoms with van der Waals surface area (Å²) in [6, 6.07) is 1.37. The minimum Gasteiger partial charge on any atom is -0.496 e. The van der Waals surface area contributed by atoms with Gasteiger partial charge in [0.05, 0.1) is 13.2 Å². The van der Waals surface area contributed by atoms with Crippen LogP contribution in [0, 0.1) is 0 Å². The van der Waals surface area contributed by atoms with Gasteiger partial charge in [-0.05, 0) is 46.1 Å². The Morgan fingerprint density at radius 3 is 2.83 bits per heavy atom. The minimum absolute atomic E-state index is 0.336. The van der Waals surface area contributed by atoms with Gasteiger partial charge >= 0.3 is 6.09 Å². The fourth-order valence-corrected chi connectivity index (χ4v) is 2.84. The summed E-state index contributed by atoms with van der Waals surface area (Å²) in [5, 5.41) is 10.8. The Morgan fingerprint density at radius 1 is 1.43 bits per heavy atom. The zero-order valence-electron chi connectivity index (χ0n) is 14.3. The number of pyridine rings is 1. The third-order valence-corrected chi connectivity index (χ3v) is 3.89. The molecule has 1 aliphatic rings. The van der Waals surface area contributed by atoms with Crippen LogP contribution in [0.3, 0.4) is 0 Å². The van der Waals surface area contributed by atoms with Crippen molar-refractivity contribution in [1.29, 1.82) is 0 Å². The Labute approximate surface area is 137 Å². The summed E-state index contributed by atoms with van der Waals surface area (Å²) in [5.74, 6) is 0.571. The maximum absolute atomic E-state index is 12.5. The molecule has 1 saturated heterocycles. The second-order valence-electron chi connectivity index (χ2n) is 6.80. The Kier molecular flexibility index (Phi) is 5.46. The predicted octanol–water partition coefficient (Wildman–Crippen LogP) is 2.91. The predicted molar refractivity (Wildman–Crippen MR) is 86.3 cm³/mol. The Morgan fingerprint density at radius 2 is 2.17 bits per heavy atom. The topological polar surface area (TPSA) is 71.9 Å². The third-order valence-electron chi connectivity index (χ3n) is 3.89. The highest BCUT2D eigenvalue weighted by Gasteiger charge is 2.36. The fraction of sp³-hybridized carbons (Fsp3) is 0.647. The van der Waals surface area contributed by atoms with Gasteiger partial charge in [0.1, 0.15) is 17.5 Å². The number of aliphatic hydroxyl groups is 1. The van der Waals surface area contributed by atoms with Crippen LogP contribution in [0.2, 0.25) is 0 Å². The molecule has 2 rings (SSSR count). The van der Waals surface area contributed by atoms with Crippen molar-refractivity contribution in [3.63, 3.8) is 0 Å². The standard InChI is InChI=1S/C17H26N2O4/c1-17(2,3)23-16(21)19-10-6-5-7-13(19)15(20)12-11-18-9-8-14(12)22-4/h8-9,11,13,15,20H,5-7,10H2,1-4H3. The lowest BCUT2D eigenvalue weighted by atomic mass is 9.93. The van der Waals surface area contributed by atoms with Gasteiger partial charge in [0.2, 0.25) is 0 Å². The molecule has 6 heteroatoms. The number of hydrogen-bond donors (Lipinski definition) is 1. The summed E-state index contributed by atoms with van der Waals surface area (Å²) in [6.45, 7) is 6.10. The van der Waals surface area contributed by atoms with E-state index in [0.717, 1.165) is 19.3 Å². The van der Waals surface area contributed by atoms with Crippen molar-refractivity contribution in [3.05, 3.63) is 24.0 Å². The van der Waals surface area contributed by atoms with Crippen LogP contribution in [-0.2, 0) is 4.74 Å². The lowest BCUT2D eigenvalue weighted by Gasteiger charge is -2.39. The molecule has 128 valence electrons. The highest BCUT2D eigenvalue weighted by atomic mass is 16.6. The van der Waals surface area contributed by atoms with Crippen molar-refractivity contribution in [3.8, 4) is 5.75 Å². The van der Waals surface area contributed by atoms with E-state index in [-0.39, 0.29) is 12.1 Å². The number of ether oxygens (including phenoxy) is 2. The van der Waals surface area contributed by atoms with Crippen molar-refractivity contribution >= 4 is 6.09 Å². The quantitative estimate of drug-likeness (QED) is 0.926. The van der Waals surface area contributed by atoms with E-state index in [1.54, 1.807) is 30.5 Å². The molecule has 0 saturated carbocycles. The molecule has 6 nitrogen and oxygen atoms in total. The van der Waals surface area contributed by atoms with Crippen molar-refractivity contribution in [2.24, 2.45) is 0 Å². The zero-order chi connectivity index (χ0) is 17.0. The van der Waals surface area contributed by atoms with Crippen molar-refractivity contribution < 1.29 is 19.4 Å². The number of nitrogens with zero attached hydrogens (tertiary/aromatic N) is 2. The molecule has 2 unspecified atom stereocenters. The minimum atomic E-state index is -0.855. The van der Waals surface area contributed by atoms with Crippen molar-refractivity contribution in [2.75, 3.05) is 13.7 Å². The van der Waals surface area contributed by atoms with E-state index in [4.69, 9.17) is 9.47 Å². The first-order valence-electron chi connectivity index (χ1n) is 7.99. The van der Waals surface area contributed by atoms with E-state index >= 15 is 0 Å². The van der Waals surface area contributed by atoms with Gasteiger partial charge in [0, 0.05) is 24.5 Å². The first kappa shape index (κ1) is 17.5. The number of likely N-dealkylation sites (tertiary alicyclic amines) is 1. The second kappa shape index (κ2) is 7.17. The summed E-state index contributed by atoms with van der Waals surface area (Å²) in [4.78, 5) is 18.2. The van der Waals surface area contributed by atoms with E-state index in [1.165, 1.54) is 0 Å². The number of carbonyl (C=O) groups excluding carboxylic acids is 1. The monoisotopic (exact) mass is 322 g/mol. The number of piperidine rings is 1. The van der Waals surface area contributed by atoms with Gasteiger partial charge in [-0.15, -0.1) is 0 Å². The summed E-state index contributed by atoms with van der Waals surface area (Å²) < 4.78 is 10.8. The molecule has 0 bridgehead atoms. The van der Waals surface area contributed by atoms with E-state index in [2.05, 4.69) is 4.98 Å². The number of methoxy groups -OCH3 is 1. The average Bonchev–Trinajstić information content (AvgIpc) is 2.52. The van der Waals surface area contributed by atoms with Gasteiger partial charge in [-0.2, -0.15) is 0 Å². The van der Waals surface area contributed by atoms with E-state index < -0.39 is 11.7 Å². The molecule has 1 amide bonds. The molecule has 1 N–H and O–H groups in total. The van der Waals surface area contributed by atoms with E-state index in [9.17, 15) is 9.90 Å². The number of aromatic nitrogens is 1. The number of amides is 1. The van der Waals surface area contributed by atoms with Crippen LogP contribution in [0.4, 0.5) is 4.79 Å². The summed E-state index contributed by atoms with van der Waals surface area (Å²) >= 11 is 0. The van der Waals surface area contributed by atoms with E-state index in [1.807, 2.05) is 20.8 Å². The summed E-state index contributed by atoms with van der Waals surface area (Å²) in [7, 11) is 1.55. The van der Waals surface area contributed by atoms with Gasteiger partial charge in [0.25, 0.3) is 0 Å². The molecule has 0 aromatic carbocycles. The molecule has 2 heterocycles. The van der Waals surface area contributed by atoms with Crippen molar-refractivity contribution in [1.82, 2.24) is 9.88 Å². The van der Waals surface area contributed by atoms with Crippen LogP contribution in [0.25, 0.3) is 0 Å². The lowest BCUT2D eigenvalue weighted by Crippen LogP contribution is -2.48. The first-order chi connectivity index (χ1) is 10.8. The normalized spacial score (nSPS) is 20.0. The molecular weight excluding hydrogens is 296 g/mol. The van der Waals surface area contributed by atoms with Crippen LogP contribution in [-0.4, -0.2) is 46.4 Å². The molecule has 2 atom stereocenters. The van der Waals surface area contributed by atoms with Crippen LogP contribution in [0.1, 0.15) is 51.7 Å². The average molecular weight is 322 g/mol. The highest BCUT2D eigenvalue weighted by Crippen LogP contribution is 2.33. The van der Waals surface area contributed by atoms with Crippen LogP contribution < -0.4 is 4.74 Å². The molecule has 1 aliphatic heterocycles. The maximum atomic E-state index is 12.5. The largest absolute Gasteiger partial charge is 0.496 e. The zero-order valence-corrected chi connectivity index (χ0v) is 14.3. The Hall–Kier alpha value is -1.82. The molecular formula is C17H26N2O4. The Balaban J connectivity index is 2.22. The summed E-state index contributed by atoms with van der Waals surface area (Å²) in [6.07, 6.45) is 4.55. The van der Waals surface area contributed by atoms with Crippen LogP contribution in [0.5, 0.6) is 5.75 Å². The van der Waals surface area contributed by atoms with Gasteiger partial charge in [-0.1, -0.05) is 0 Å². The molecule has 1 aromatic heterocycles. The van der Waals surface area contributed by atoms with E-state index in [0.29, 0.717) is 17.9 Å². The molecule has 23 heavy (non-hydrogen) atoms. The molecule has 1 aromatic rings. The Bertz CT molecular complexity index is 542. The van der Waals surface area contributed by atoms with Crippen molar-refractivity contribution in [2.45, 2.75) is 57.8 Å². The number of rotatable bonds is 3.